The van der Waals surface area contributed by atoms with Crippen molar-refractivity contribution in [2.24, 2.45) is 0 Å². The first-order valence-electron chi connectivity index (χ1n) is 9.46. The van der Waals surface area contributed by atoms with Crippen LogP contribution < -0.4 is 4.74 Å². The number of pyridine rings is 1. The van der Waals surface area contributed by atoms with Gasteiger partial charge in [0.1, 0.15) is 5.75 Å². The Kier molecular flexibility index (Phi) is 7.00. The van der Waals surface area contributed by atoms with Crippen LogP contribution in [0.5, 0.6) is 5.75 Å². The molecule has 1 aromatic carbocycles. The topological polar surface area (TPSA) is 48.8 Å². The van der Waals surface area contributed by atoms with Gasteiger partial charge in [0.2, 0.25) is 0 Å². The predicted octanol–water partition coefficient (Wildman–Crippen LogP) is 2.55. The molecule has 1 saturated heterocycles. The zero-order valence-corrected chi connectivity index (χ0v) is 15.6. The second-order valence-electron chi connectivity index (χ2n) is 6.80. The molecule has 1 atom stereocenters. The van der Waals surface area contributed by atoms with E-state index in [1.807, 2.05) is 31.5 Å². The van der Waals surface area contributed by atoms with Gasteiger partial charge in [-0.2, -0.15) is 0 Å². The third kappa shape index (κ3) is 5.27. The lowest BCUT2D eigenvalue weighted by Gasteiger charge is -2.41. The van der Waals surface area contributed by atoms with Crippen molar-refractivity contribution in [3.8, 4) is 5.75 Å². The van der Waals surface area contributed by atoms with E-state index in [4.69, 9.17) is 4.74 Å². The second kappa shape index (κ2) is 9.67. The van der Waals surface area contributed by atoms with E-state index in [9.17, 15) is 5.11 Å². The fourth-order valence-corrected chi connectivity index (χ4v) is 3.57. The summed E-state index contributed by atoms with van der Waals surface area (Å²) in [6.07, 6.45) is 4.51. The molecule has 2 heterocycles. The molecule has 140 valence electrons. The number of hydrogen-bond acceptors (Lipinski definition) is 5. The number of aromatic nitrogens is 1. The lowest BCUT2D eigenvalue weighted by Crippen LogP contribution is -2.52. The number of aliphatic hydroxyl groups is 1. The van der Waals surface area contributed by atoms with Gasteiger partial charge in [-0.15, -0.1) is 0 Å². The minimum absolute atomic E-state index is 0.230. The van der Waals surface area contributed by atoms with Crippen LogP contribution in [0, 0.1) is 0 Å². The van der Waals surface area contributed by atoms with Crippen molar-refractivity contribution in [1.29, 1.82) is 0 Å². The van der Waals surface area contributed by atoms with Crippen molar-refractivity contribution in [2.45, 2.75) is 32.5 Å². The van der Waals surface area contributed by atoms with Crippen LogP contribution in [0.25, 0.3) is 0 Å². The predicted molar refractivity (Wildman–Crippen MR) is 103 cm³/mol. The molecule has 2 aromatic rings. The van der Waals surface area contributed by atoms with Crippen LogP contribution in [0.1, 0.15) is 24.5 Å². The van der Waals surface area contributed by atoms with Crippen molar-refractivity contribution in [3.63, 3.8) is 0 Å². The number of aliphatic hydroxyl groups excluding tert-OH is 1. The summed E-state index contributed by atoms with van der Waals surface area (Å²) >= 11 is 0. The molecule has 1 N–H and O–H groups in total. The SMILES string of the molecule is CCOc1ccc(CN2CCN(Cc3ccncc3)C[C@@H]2CCO)cc1. The van der Waals surface area contributed by atoms with Crippen molar-refractivity contribution < 1.29 is 9.84 Å². The lowest BCUT2D eigenvalue weighted by molar-refractivity contribution is 0.0499. The van der Waals surface area contributed by atoms with E-state index in [0.29, 0.717) is 12.6 Å². The summed E-state index contributed by atoms with van der Waals surface area (Å²) in [5, 5.41) is 9.50. The molecule has 5 nitrogen and oxygen atoms in total. The van der Waals surface area contributed by atoms with Crippen molar-refractivity contribution in [1.82, 2.24) is 14.8 Å². The second-order valence-corrected chi connectivity index (χ2v) is 6.80. The van der Waals surface area contributed by atoms with Crippen molar-refractivity contribution >= 4 is 0 Å². The normalized spacial score (nSPS) is 18.8. The van der Waals surface area contributed by atoms with E-state index in [0.717, 1.165) is 44.9 Å². The first kappa shape index (κ1) is 18.8. The number of rotatable bonds is 8. The van der Waals surface area contributed by atoms with Gasteiger partial charge in [0.05, 0.1) is 6.61 Å². The van der Waals surface area contributed by atoms with Gasteiger partial charge >= 0.3 is 0 Å². The third-order valence-corrected chi connectivity index (χ3v) is 4.93. The Labute approximate surface area is 156 Å². The molecule has 0 amide bonds. The monoisotopic (exact) mass is 355 g/mol. The molecule has 0 radical (unpaired) electrons. The molecule has 1 aliphatic rings. The van der Waals surface area contributed by atoms with Gasteiger partial charge in [-0.1, -0.05) is 12.1 Å². The van der Waals surface area contributed by atoms with Crippen LogP contribution in [-0.2, 0) is 13.1 Å². The quantitative estimate of drug-likeness (QED) is 0.789. The molecule has 0 bridgehead atoms. The van der Waals surface area contributed by atoms with Crippen LogP contribution in [-0.4, -0.2) is 58.8 Å². The lowest BCUT2D eigenvalue weighted by atomic mass is 10.1. The largest absolute Gasteiger partial charge is 0.494 e. The average Bonchev–Trinajstić information content (AvgIpc) is 2.67. The van der Waals surface area contributed by atoms with Crippen LogP contribution in [0.15, 0.2) is 48.8 Å². The van der Waals surface area contributed by atoms with Crippen LogP contribution in [0.3, 0.4) is 0 Å². The minimum atomic E-state index is 0.230. The smallest absolute Gasteiger partial charge is 0.119 e. The average molecular weight is 355 g/mol. The molecule has 3 rings (SSSR count). The molecule has 0 aliphatic carbocycles. The molecule has 0 spiro atoms. The maximum atomic E-state index is 9.50. The van der Waals surface area contributed by atoms with E-state index in [1.54, 1.807) is 0 Å². The van der Waals surface area contributed by atoms with Gasteiger partial charge in [-0.05, 0) is 48.7 Å². The van der Waals surface area contributed by atoms with Gasteiger partial charge in [0.15, 0.2) is 0 Å². The maximum Gasteiger partial charge on any atom is 0.119 e. The molecule has 5 heteroatoms. The summed E-state index contributed by atoms with van der Waals surface area (Å²) in [6, 6.07) is 12.9. The minimum Gasteiger partial charge on any atom is -0.494 e. The maximum absolute atomic E-state index is 9.50. The number of piperazine rings is 1. The van der Waals surface area contributed by atoms with Crippen molar-refractivity contribution in [2.75, 3.05) is 32.8 Å². The Bertz CT molecular complexity index is 648. The van der Waals surface area contributed by atoms with E-state index >= 15 is 0 Å². The Morgan fingerprint density at radius 2 is 1.77 bits per heavy atom. The van der Waals surface area contributed by atoms with Gasteiger partial charge in [0, 0.05) is 57.8 Å². The molecule has 26 heavy (non-hydrogen) atoms. The van der Waals surface area contributed by atoms with Crippen LogP contribution in [0.4, 0.5) is 0 Å². The van der Waals surface area contributed by atoms with E-state index in [1.165, 1.54) is 11.1 Å². The van der Waals surface area contributed by atoms with Gasteiger partial charge in [-0.25, -0.2) is 0 Å². The zero-order chi connectivity index (χ0) is 18.2. The molecule has 1 fully saturated rings. The molecule has 0 saturated carbocycles. The molecule has 1 aliphatic heterocycles. The van der Waals surface area contributed by atoms with Crippen molar-refractivity contribution in [3.05, 3.63) is 59.9 Å². The molecular weight excluding hydrogens is 326 g/mol. The number of nitrogens with zero attached hydrogens (tertiary/aromatic N) is 3. The van der Waals surface area contributed by atoms with E-state index in [2.05, 4.69) is 39.0 Å². The first-order chi connectivity index (χ1) is 12.8. The summed E-state index contributed by atoms with van der Waals surface area (Å²) in [6.45, 7) is 7.83. The highest BCUT2D eigenvalue weighted by Crippen LogP contribution is 2.20. The van der Waals surface area contributed by atoms with Gasteiger partial charge in [-0.3, -0.25) is 14.8 Å². The fourth-order valence-electron chi connectivity index (χ4n) is 3.57. The van der Waals surface area contributed by atoms with Crippen LogP contribution in [0.2, 0.25) is 0 Å². The summed E-state index contributed by atoms with van der Waals surface area (Å²) in [5.41, 5.74) is 2.58. The third-order valence-electron chi connectivity index (χ3n) is 4.93. The highest BCUT2D eigenvalue weighted by molar-refractivity contribution is 5.27. The van der Waals surface area contributed by atoms with Gasteiger partial charge in [0.25, 0.3) is 0 Å². The number of ether oxygens (including phenoxy) is 1. The van der Waals surface area contributed by atoms with E-state index in [-0.39, 0.29) is 6.61 Å². The molecular formula is C21H29N3O2. The fraction of sp³-hybridized carbons (Fsp3) is 0.476. The van der Waals surface area contributed by atoms with E-state index < -0.39 is 0 Å². The summed E-state index contributed by atoms with van der Waals surface area (Å²) < 4.78 is 5.52. The highest BCUT2D eigenvalue weighted by atomic mass is 16.5. The summed E-state index contributed by atoms with van der Waals surface area (Å²) in [5.74, 6) is 0.922. The zero-order valence-electron chi connectivity index (χ0n) is 15.6. The Morgan fingerprint density at radius 3 is 2.46 bits per heavy atom. The number of benzene rings is 1. The summed E-state index contributed by atoms with van der Waals surface area (Å²) in [7, 11) is 0. The van der Waals surface area contributed by atoms with Gasteiger partial charge < -0.3 is 9.84 Å². The Morgan fingerprint density at radius 1 is 1.04 bits per heavy atom. The number of hydrogen-bond donors (Lipinski definition) is 1. The molecule has 0 unspecified atom stereocenters. The van der Waals surface area contributed by atoms with Crippen LogP contribution >= 0.6 is 0 Å². The standard InChI is InChI=1S/C21H29N3O2/c1-2-26-21-5-3-18(4-6-21)16-24-13-12-23(17-20(24)9-14-25)15-19-7-10-22-11-8-19/h3-8,10-11,20,25H,2,9,12-17H2,1H3/t20-/m0/s1. The summed E-state index contributed by atoms with van der Waals surface area (Å²) in [4.78, 5) is 9.06. The highest BCUT2D eigenvalue weighted by Gasteiger charge is 2.26. The first-order valence-corrected chi connectivity index (χ1v) is 9.46. The molecule has 1 aromatic heterocycles. The Balaban J connectivity index is 1.59. The Hall–Kier alpha value is -1.95.